The van der Waals surface area contributed by atoms with Crippen molar-refractivity contribution >= 4 is 27.7 Å². The van der Waals surface area contributed by atoms with Gasteiger partial charge < -0.3 is 5.32 Å². The van der Waals surface area contributed by atoms with Crippen LogP contribution in [0.1, 0.15) is 11.6 Å². The van der Waals surface area contributed by atoms with Crippen molar-refractivity contribution in [2.75, 3.05) is 12.3 Å². The molecule has 1 aliphatic rings. The minimum atomic E-state index is -4.11. The van der Waals surface area contributed by atoms with Gasteiger partial charge in [0, 0.05) is 17.9 Å². The Morgan fingerprint density at radius 3 is 2.26 bits per heavy atom. The number of nitrogens with one attached hydrogen (secondary N) is 1. The number of halogens is 3. The Morgan fingerprint density at radius 2 is 1.63 bits per heavy atom. The Labute approximate surface area is 205 Å². The molecule has 0 unspecified atom stereocenters. The topological polar surface area (TPSA) is 66.5 Å². The van der Waals surface area contributed by atoms with Crippen LogP contribution < -0.4 is 5.32 Å². The van der Waals surface area contributed by atoms with E-state index in [2.05, 4.69) is 11.2 Å². The Balaban J connectivity index is 1.56. The van der Waals surface area contributed by atoms with Gasteiger partial charge in [0.2, 0.25) is 15.9 Å². The summed E-state index contributed by atoms with van der Waals surface area (Å²) < 4.78 is 70.0. The van der Waals surface area contributed by atoms with Gasteiger partial charge >= 0.3 is 0 Å². The molecule has 3 aromatic rings. The molecule has 1 N–H and O–H groups in total. The lowest BCUT2D eigenvalue weighted by Gasteiger charge is -2.24. The first kappa shape index (κ1) is 24.9. The number of amides is 1. The summed E-state index contributed by atoms with van der Waals surface area (Å²) in [6.07, 6.45) is 5.41. The highest BCUT2D eigenvalue weighted by Gasteiger charge is 2.41. The summed E-state index contributed by atoms with van der Waals surface area (Å²) in [6.45, 7) is 0.0505. The van der Waals surface area contributed by atoms with Crippen molar-refractivity contribution in [3.63, 3.8) is 0 Å². The number of carbonyl (C=O) groups excluding carboxylic acids is 1. The summed E-state index contributed by atoms with van der Waals surface area (Å²) in [4.78, 5) is 12.9. The monoisotopic (exact) mass is 516 g/mol. The van der Waals surface area contributed by atoms with Crippen LogP contribution in [-0.2, 0) is 14.8 Å². The Morgan fingerprint density at radius 1 is 1.00 bits per heavy atom. The summed E-state index contributed by atoms with van der Waals surface area (Å²) in [5.41, 5.74) is 0.325. The largest absolute Gasteiger partial charge is 0.336 e. The minimum Gasteiger partial charge on any atom is -0.336 e. The molecule has 35 heavy (non-hydrogen) atoms. The van der Waals surface area contributed by atoms with Gasteiger partial charge in [-0.05, 0) is 35.9 Å². The van der Waals surface area contributed by atoms with Crippen LogP contribution >= 0.6 is 11.8 Å². The highest BCUT2D eigenvalue weighted by atomic mass is 32.2. The molecule has 1 fully saturated rings. The van der Waals surface area contributed by atoms with E-state index in [9.17, 15) is 26.4 Å². The van der Waals surface area contributed by atoms with Gasteiger partial charge in [-0.25, -0.2) is 21.6 Å². The summed E-state index contributed by atoms with van der Waals surface area (Å²) >= 11 is 1.07. The van der Waals surface area contributed by atoms with E-state index in [1.54, 1.807) is 18.2 Å². The Kier molecular flexibility index (Phi) is 7.21. The van der Waals surface area contributed by atoms with E-state index in [0.29, 0.717) is 16.9 Å². The zero-order valence-electron chi connectivity index (χ0n) is 18.1. The molecule has 2 atom stereocenters. The van der Waals surface area contributed by atoms with E-state index in [0.717, 1.165) is 28.2 Å². The molecule has 0 aromatic heterocycles. The van der Waals surface area contributed by atoms with Crippen molar-refractivity contribution in [1.29, 1.82) is 0 Å². The van der Waals surface area contributed by atoms with Crippen LogP contribution in [0, 0.1) is 29.8 Å². The van der Waals surface area contributed by atoms with E-state index in [1.165, 1.54) is 36.4 Å². The van der Waals surface area contributed by atoms with Gasteiger partial charge in [0.05, 0.1) is 10.5 Å². The molecule has 0 bridgehead atoms. The molecule has 1 saturated heterocycles. The lowest BCUT2D eigenvalue weighted by molar-refractivity contribution is -0.122. The first-order valence-electron chi connectivity index (χ1n) is 10.4. The van der Waals surface area contributed by atoms with Crippen molar-refractivity contribution in [3.8, 4) is 23.5 Å². The molecule has 4 rings (SSSR count). The van der Waals surface area contributed by atoms with E-state index >= 15 is 0 Å². The van der Waals surface area contributed by atoms with Gasteiger partial charge in [0.15, 0.2) is 0 Å². The average molecular weight is 517 g/mol. The highest BCUT2D eigenvalue weighted by molar-refractivity contribution is 8.02. The number of carbonyl (C=O) groups is 1. The van der Waals surface area contributed by atoms with E-state index in [1.807, 2.05) is 0 Å². The van der Waals surface area contributed by atoms with Crippen LogP contribution in [0.5, 0.6) is 0 Å². The molecular formula is C25H19F3N2O3S2. The maximum atomic E-state index is 14.2. The number of nitrogens with zero attached hydrogens (tertiary/aromatic N) is 1. The first-order valence-corrected chi connectivity index (χ1v) is 12.9. The van der Waals surface area contributed by atoms with Crippen LogP contribution in [0.3, 0.4) is 0 Å². The van der Waals surface area contributed by atoms with Crippen LogP contribution in [0.25, 0.3) is 11.1 Å². The summed E-state index contributed by atoms with van der Waals surface area (Å²) in [7, 11) is -4.11. The van der Waals surface area contributed by atoms with Gasteiger partial charge in [-0.2, -0.15) is 4.31 Å². The maximum absolute atomic E-state index is 14.2. The molecule has 3 aromatic carbocycles. The standard InChI is InChI=1S/C25H19F3N2O3S2/c1-2-22(23-20(27)8-5-9-21(23)28)29-24(31)25-30(14-15-34-25)35(32,33)17-12-10-16(11-13-17)18-6-3-4-7-19(18)26/h1,3-13,22,25H,14-15H2,(H,29,31)/t22-,25-/m0/s1. The summed E-state index contributed by atoms with van der Waals surface area (Å²) in [6, 6.07) is 13.5. The lowest BCUT2D eigenvalue weighted by atomic mass is 10.1. The van der Waals surface area contributed by atoms with Gasteiger partial charge in [0.25, 0.3) is 0 Å². The number of rotatable bonds is 6. The molecule has 0 saturated carbocycles. The van der Waals surface area contributed by atoms with E-state index in [-0.39, 0.29) is 11.4 Å². The first-order chi connectivity index (χ1) is 16.7. The molecule has 1 heterocycles. The van der Waals surface area contributed by atoms with Crippen LogP contribution in [-0.4, -0.2) is 36.3 Å². The lowest BCUT2D eigenvalue weighted by Crippen LogP contribution is -2.45. The minimum absolute atomic E-state index is 0.0505. The van der Waals surface area contributed by atoms with E-state index < -0.39 is 50.4 Å². The highest BCUT2D eigenvalue weighted by Crippen LogP contribution is 2.32. The third-order valence-corrected chi connectivity index (χ3v) is 8.68. The van der Waals surface area contributed by atoms with Crippen LogP contribution in [0.2, 0.25) is 0 Å². The van der Waals surface area contributed by atoms with Crippen LogP contribution in [0.4, 0.5) is 13.2 Å². The summed E-state index contributed by atoms with van der Waals surface area (Å²) in [5, 5.41) is 1.19. The predicted molar refractivity (Wildman–Crippen MR) is 128 cm³/mol. The molecule has 1 amide bonds. The average Bonchev–Trinajstić information content (AvgIpc) is 3.35. The third-order valence-electron chi connectivity index (χ3n) is 5.46. The number of hydrogen-bond donors (Lipinski definition) is 1. The number of benzene rings is 3. The normalized spacial score (nSPS) is 17.0. The van der Waals surface area contributed by atoms with Crippen molar-refractivity contribution in [2.24, 2.45) is 0 Å². The fourth-order valence-corrected chi connectivity index (χ4v) is 6.83. The zero-order chi connectivity index (χ0) is 25.2. The second kappa shape index (κ2) is 10.2. The molecule has 0 spiro atoms. The molecule has 0 radical (unpaired) electrons. The molecule has 180 valence electrons. The van der Waals surface area contributed by atoms with Crippen molar-refractivity contribution in [1.82, 2.24) is 9.62 Å². The van der Waals surface area contributed by atoms with Crippen molar-refractivity contribution in [3.05, 3.63) is 89.7 Å². The maximum Gasteiger partial charge on any atom is 0.249 e. The smallest absolute Gasteiger partial charge is 0.249 e. The molecule has 5 nitrogen and oxygen atoms in total. The second-order valence-corrected chi connectivity index (χ2v) is 10.7. The molecule has 0 aliphatic carbocycles. The van der Waals surface area contributed by atoms with Gasteiger partial charge in [-0.3, -0.25) is 4.79 Å². The van der Waals surface area contributed by atoms with Gasteiger partial charge in [-0.15, -0.1) is 18.2 Å². The SMILES string of the molecule is C#C[C@H](NC(=O)[C@@H]1SCCN1S(=O)(=O)c1ccc(-c2ccccc2F)cc1)c1c(F)cccc1F. The zero-order valence-corrected chi connectivity index (χ0v) is 19.8. The Bertz CT molecular complexity index is 1390. The van der Waals surface area contributed by atoms with Crippen LogP contribution in [0.15, 0.2) is 71.6 Å². The fraction of sp³-hybridized carbons (Fsp3) is 0.160. The number of hydrogen-bond acceptors (Lipinski definition) is 4. The fourth-order valence-electron chi connectivity index (χ4n) is 3.74. The Hall–Kier alpha value is -3.26. The van der Waals surface area contributed by atoms with E-state index in [4.69, 9.17) is 6.42 Å². The third kappa shape index (κ3) is 4.93. The van der Waals surface area contributed by atoms with Gasteiger partial charge in [0.1, 0.15) is 28.9 Å². The number of terminal acetylenes is 1. The molecule has 10 heteroatoms. The quantitative estimate of drug-likeness (QED) is 0.496. The molecule has 1 aliphatic heterocycles. The molecular weight excluding hydrogens is 497 g/mol. The summed E-state index contributed by atoms with van der Waals surface area (Å²) in [5.74, 6) is -0.597. The second-order valence-electron chi connectivity index (χ2n) is 7.59. The van der Waals surface area contributed by atoms with Crippen molar-refractivity contribution in [2.45, 2.75) is 16.3 Å². The van der Waals surface area contributed by atoms with Gasteiger partial charge in [-0.1, -0.05) is 42.3 Å². The number of thioether (sulfide) groups is 1. The number of sulfonamides is 1. The predicted octanol–water partition coefficient (Wildman–Crippen LogP) is 4.33. The van der Waals surface area contributed by atoms with Crippen molar-refractivity contribution < 1.29 is 26.4 Å².